The SMILES string of the molecule is [2H]C([2H])([2H])c1cc2c3c(c1)N(c1c(C)cc(C(C)(C)C)cc1C)c1cc([N+]#[C-])ccc1B3C1=C(N2c2ccc3c(c2)oc2ccccc23)C2(C)CCCCC2(C)N1c1ccc(C(C)(C)C)cc1. The number of hydrogen-bond acceptors (Lipinski definition) is 4. The Kier molecular flexibility index (Phi) is 7.95. The van der Waals surface area contributed by atoms with Crippen molar-refractivity contribution in [3.8, 4) is 0 Å². The molecule has 11 rings (SSSR count). The van der Waals surface area contributed by atoms with Crippen LogP contribution >= 0.6 is 0 Å². The van der Waals surface area contributed by atoms with Gasteiger partial charge in [0.1, 0.15) is 11.2 Å². The van der Waals surface area contributed by atoms with Gasteiger partial charge in [-0.3, -0.25) is 0 Å². The first-order chi connectivity index (χ1) is 31.6. The number of fused-ring (bicyclic) bond motifs is 8. The molecule has 7 aromatic rings. The van der Waals surface area contributed by atoms with Crippen molar-refractivity contribution in [1.82, 2.24) is 0 Å². The Morgan fingerprint density at radius 1 is 0.688 bits per heavy atom. The van der Waals surface area contributed by atoms with Gasteiger partial charge in [-0.2, -0.15) is 0 Å². The summed E-state index contributed by atoms with van der Waals surface area (Å²) >= 11 is 0. The molecule has 6 heteroatoms. The summed E-state index contributed by atoms with van der Waals surface area (Å²) in [5.74, 6) is 0. The van der Waals surface area contributed by atoms with Crippen LogP contribution in [-0.4, -0.2) is 12.3 Å². The molecule has 2 unspecified atom stereocenters. The predicted molar refractivity (Wildman–Crippen MR) is 271 cm³/mol. The summed E-state index contributed by atoms with van der Waals surface area (Å²) < 4.78 is 34.0. The summed E-state index contributed by atoms with van der Waals surface area (Å²) in [4.78, 5) is 11.5. The third kappa shape index (κ3) is 5.62. The largest absolute Gasteiger partial charge is 0.456 e. The monoisotopic (exact) mass is 841 g/mol. The highest BCUT2D eigenvalue weighted by atomic mass is 16.3. The standard InChI is InChI=1S/C58H59BN4O/c1-35-29-47-51-48(30-35)62(52-36(2)31-39(32-37(52)3)56(7,8)9)46-33-40(60-12)21-26-45(46)59(51)54-53(61(47)42-24-25-44-43-17-13-14-18-49(43)64-50(44)34-42)57(10)27-15-16-28-58(57,11)63(54)41-22-19-38(20-23-41)55(4,5)6/h13-14,17-26,29-34H,15-16,27-28H2,1-11H3/i1D3. The first kappa shape index (κ1) is 37.2. The molecule has 320 valence electrons. The van der Waals surface area contributed by atoms with E-state index in [2.05, 4.69) is 162 Å². The van der Waals surface area contributed by atoms with Crippen LogP contribution in [0.4, 0.5) is 39.8 Å². The van der Waals surface area contributed by atoms with E-state index in [0.717, 1.165) is 104 Å². The zero-order chi connectivity index (χ0) is 47.3. The Balaban J connectivity index is 1.30. The van der Waals surface area contributed by atoms with Gasteiger partial charge in [0.15, 0.2) is 5.69 Å². The average Bonchev–Trinajstić information content (AvgIpc) is 3.75. The molecule has 3 aliphatic heterocycles. The Bertz CT molecular complexity index is 3280. The minimum absolute atomic E-state index is 0.0177. The quantitative estimate of drug-likeness (QED) is 0.131. The van der Waals surface area contributed by atoms with E-state index in [1.54, 1.807) is 0 Å². The van der Waals surface area contributed by atoms with Gasteiger partial charge in [0.2, 0.25) is 0 Å². The minimum Gasteiger partial charge on any atom is -0.456 e. The number of para-hydroxylation sites is 1. The fourth-order valence-corrected chi connectivity index (χ4v) is 12.2. The minimum atomic E-state index is -2.42. The molecule has 0 amide bonds. The second-order valence-corrected chi connectivity index (χ2v) is 21.6. The lowest BCUT2D eigenvalue weighted by atomic mass is 9.34. The van der Waals surface area contributed by atoms with E-state index >= 15 is 0 Å². The van der Waals surface area contributed by atoms with Crippen LogP contribution in [0, 0.1) is 32.7 Å². The molecule has 1 aliphatic carbocycles. The summed E-state index contributed by atoms with van der Waals surface area (Å²) in [5.41, 5.74) is 16.6. The molecule has 5 nitrogen and oxygen atoms in total. The van der Waals surface area contributed by atoms with Crippen molar-refractivity contribution in [3.63, 3.8) is 0 Å². The molecule has 0 bridgehead atoms. The molecule has 0 radical (unpaired) electrons. The maximum absolute atomic E-state index is 9.12. The summed E-state index contributed by atoms with van der Waals surface area (Å²) in [6.45, 7) is 28.4. The van der Waals surface area contributed by atoms with Gasteiger partial charge in [-0.25, -0.2) is 4.85 Å². The second-order valence-electron chi connectivity index (χ2n) is 21.6. The van der Waals surface area contributed by atoms with Crippen LogP contribution < -0.4 is 25.6 Å². The van der Waals surface area contributed by atoms with Crippen LogP contribution in [0.3, 0.4) is 0 Å². The van der Waals surface area contributed by atoms with Crippen LogP contribution in [-0.2, 0) is 10.8 Å². The van der Waals surface area contributed by atoms with E-state index in [1.165, 1.54) is 22.4 Å². The number of benzene rings is 6. The Hall–Kier alpha value is -6.19. The first-order valence-electron chi connectivity index (χ1n) is 24.6. The van der Waals surface area contributed by atoms with Gasteiger partial charge >= 0.3 is 0 Å². The van der Waals surface area contributed by atoms with Crippen molar-refractivity contribution in [2.75, 3.05) is 14.7 Å². The number of hydrogen-bond donors (Lipinski definition) is 0. The Labute approximate surface area is 384 Å². The van der Waals surface area contributed by atoms with Crippen LogP contribution in [0.5, 0.6) is 0 Å². The predicted octanol–water partition coefficient (Wildman–Crippen LogP) is 14.8. The lowest BCUT2D eigenvalue weighted by Crippen LogP contribution is -2.59. The van der Waals surface area contributed by atoms with E-state index in [1.807, 2.05) is 36.4 Å². The molecule has 0 N–H and O–H groups in total. The lowest BCUT2D eigenvalue weighted by molar-refractivity contribution is 0.149. The molecule has 2 atom stereocenters. The van der Waals surface area contributed by atoms with Crippen molar-refractivity contribution in [2.24, 2.45) is 5.41 Å². The molecule has 1 saturated carbocycles. The summed E-state index contributed by atoms with van der Waals surface area (Å²) in [6, 6.07) is 38.7. The van der Waals surface area contributed by atoms with E-state index in [4.69, 9.17) is 15.1 Å². The highest BCUT2D eigenvalue weighted by Crippen LogP contribution is 2.64. The Morgan fingerprint density at radius 3 is 2.03 bits per heavy atom. The van der Waals surface area contributed by atoms with Gasteiger partial charge in [0, 0.05) is 66.1 Å². The lowest BCUT2D eigenvalue weighted by Gasteiger charge is -2.52. The zero-order valence-electron chi connectivity index (χ0n) is 42.0. The van der Waals surface area contributed by atoms with Gasteiger partial charge < -0.3 is 19.1 Å². The molecule has 1 aromatic heterocycles. The van der Waals surface area contributed by atoms with Gasteiger partial charge in [-0.05, 0) is 139 Å². The molecular weight excluding hydrogens is 779 g/mol. The average molecular weight is 842 g/mol. The summed E-state index contributed by atoms with van der Waals surface area (Å²) in [5, 5.41) is 2.11. The molecule has 4 aliphatic rings. The van der Waals surface area contributed by atoms with Gasteiger partial charge in [0.25, 0.3) is 6.71 Å². The topological polar surface area (TPSA) is 27.2 Å². The first-order valence-corrected chi connectivity index (χ1v) is 23.1. The van der Waals surface area contributed by atoms with Crippen LogP contribution in [0.15, 0.2) is 125 Å². The van der Waals surface area contributed by atoms with E-state index in [0.29, 0.717) is 5.69 Å². The maximum Gasteiger partial charge on any atom is 0.272 e. The molecule has 0 spiro atoms. The molecular formula is C58H59BN4O. The molecule has 6 aromatic carbocycles. The number of anilines is 6. The molecule has 1 fully saturated rings. The second kappa shape index (κ2) is 13.7. The molecule has 4 heterocycles. The number of nitrogens with zero attached hydrogens (tertiary/aromatic N) is 4. The van der Waals surface area contributed by atoms with Gasteiger partial charge in [-0.1, -0.05) is 116 Å². The van der Waals surface area contributed by atoms with Crippen LogP contribution in [0.25, 0.3) is 26.8 Å². The molecule has 64 heavy (non-hydrogen) atoms. The van der Waals surface area contributed by atoms with E-state index in [9.17, 15) is 0 Å². The number of aryl methyl sites for hydroxylation is 3. The summed E-state index contributed by atoms with van der Waals surface area (Å²) in [6.07, 6.45) is 4.13. The van der Waals surface area contributed by atoms with E-state index in [-0.39, 0.29) is 34.1 Å². The van der Waals surface area contributed by atoms with Crippen molar-refractivity contribution in [3.05, 3.63) is 160 Å². The van der Waals surface area contributed by atoms with Crippen molar-refractivity contribution < 1.29 is 8.53 Å². The van der Waals surface area contributed by atoms with Crippen molar-refractivity contribution >= 4 is 79.4 Å². The highest BCUT2D eigenvalue weighted by molar-refractivity contribution is 6.95. The van der Waals surface area contributed by atoms with Gasteiger partial charge in [-0.15, -0.1) is 0 Å². The maximum atomic E-state index is 9.12. The normalized spacial score (nSPS) is 21.3. The molecule has 0 saturated heterocycles. The highest BCUT2D eigenvalue weighted by Gasteiger charge is 2.64. The van der Waals surface area contributed by atoms with Crippen molar-refractivity contribution in [1.29, 1.82) is 0 Å². The zero-order valence-corrected chi connectivity index (χ0v) is 39.0. The van der Waals surface area contributed by atoms with Crippen LogP contribution in [0.1, 0.15) is 113 Å². The smallest absolute Gasteiger partial charge is 0.272 e. The van der Waals surface area contributed by atoms with Crippen LogP contribution in [0.2, 0.25) is 0 Å². The summed E-state index contributed by atoms with van der Waals surface area (Å²) in [7, 11) is 0. The van der Waals surface area contributed by atoms with Crippen molar-refractivity contribution in [2.45, 2.75) is 118 Å². The fourth-order valence-electron chi connectivity index (χ4n) is 12.2. The number of furan rings is 1. The fraction of sp³-hybridized carbons (Fsp3) is 0.328. The van der Waals surface area contributed by atoms with Gasteiger partial charge in [0.05, 0.1) is 17.8 Å². The Morgan fingerprint density at radius 2 is 1.34 bits per heavy atom. The van der Waals surface area contributed by atoms with E-state index < -0.39 is 6.85 Å². The third-order valence-electron chi connectivity index (χ3n) is 15.6. The third-order valence-corrected chi connectivity index (χ3v) is 15.6. The number of rotatable bonds is 3.